The van der Waals surface area contributed by atoms with Gasteiger partial charge in [0.05, 0.1) is 17.2 Å². The maximum absolute atomic E-state index is 14.9. The van der Waals surface area contributed by atoms with Crippen LogP contribution < -0.4 is 4.74 Å². The summed E-state index contributed by atoms with van der Waals surface area (Å²) in [4.78, 5) is 0. The first kappa shape index (κ1) is 15.8. The lowest BCUT2D eigenvalue weighted by Gasteiger charge is -2.30. The van der Waals surface area contributed by atoms with Crippen LogP contribution in [-0.4, -0.2) is 29.3 Å². The fourth-order valence-electron chi connectivity index (χ4n) is 3.12. The molecule has 24 heavy (non-hydrogen) atoms. The first-order valence-corrected chi connectivity index (χ1v) is 8.80. The largest absolute Gasteiger partial charge is 0.737 e. The third kappa shape index (κ3) is 2.23. The molecule has 1 aromatic carbocycles. The van der Waals surface area contributed by atoms with E-state index in [0.717, 1.165) is 25.9 Å². The molecule has 3 heterocycles. The molecule has 0 amide bonds. The summed E-state index contributed by atoms with van der Waals surface area (Å²) in [5.41, 5.74) is 2.56. The lowest BCUT2D eigenvalue weighted by Crippen LogP contribution is -2.49. The highest BCUT2D eigenvalue weighted by Crippen LogP contribution is 2.41. The Bertz CT molecular complexity index is 945. The van der Waals surface area contributed by atoms with Gasteiger partial charge in [-0.15, -0.1) is 0 Å². The molecule has 0 unspecified atom stereocenters. The third-order valence-corrected chi connectivity index (χ3v) is 5.06. The Morgan fingerprint density at radius 3 is 2.54 bits per heavy atom. The second kappa shape index (κ2) is 5.42. The van der Waals surface area contributed by atoms with Gasteiger partial charge in [-0.05, 0) is 61.8 Å². The lowest BCUT2D eigenvalue weighted by atomic mass is 9.86. The summed E-state index contributed by atoms with van der Waals surface area (Å²) in [5, 5.41) is 0. The Hall–Kier alpha value is -1.67. The van der Waals surface area contributed by atoms with Gasteiger partial charge in [-0.2, -0.15) is 0 Å². The van der Waals surface area contributed by atoms with Gasteiger partial charge in [-0.3, -0.25) is 0 Å². The van der Waals surface area contributed by atoms with Crippen molar-refractivity contribution in [1.82, 2.24) is 4.48 Å². The van der Waals surface area contributed by atoms with Crippen molar-refractivity contribution in [3.63, 3.8) is 0 Å². The first-order chi connectivity index (χ1) is 11.4. The van der Waals surface area contributed by atoms with Gasteiger partial charge in [0.2, 0.25) is 0 Å². The quantitative estimate of drug-likeness (QED) is 0.603. The average Bonchev–Trinajstić information content (AvgIpc) is 3.12. The highest BCUT2D eigenvalue weighted by molar-refractivity contribution is 9.12. The number of halogens is 4. The predicted octanol–water partition coefficient (Wildman–Crippen LogP) is 4.63. The van der Waals surface area contributed by atoms with Crippen molar-refractivity contribution in [3.05, 3.63) is 68.5 Å². The summed E-state index contributed by atoms with van der Waals surface area (Å²) in [5.74, 6) is 0.720. The Labute approximate surface area is 154 Å². The number of fused-ring (bicyclic) bond motifs is 2. The number of nitrogens with zero attached hydrogens (tertiary/aromatic N) is 2. The third-order valence-electron chi connectivity index (χ3n) is 4.19. The average molecular weight is 456 g/mol. The second-order valence-corrected chi connectivity index (χ2v) is 7.42. The van der Waals surface area contributed by atoms with Crippen LogP contribution in [0.1, 0.15) is 11.3 Å². The van der Waals surface area contributed by atoms with Crippen LogP contribution in [0.3, 0.4) is 0 Å². The molecule has 2 aromatic rings. The van der Waals surface area contributed by atoms with E-state index in [1.54, 1.807) is 19.3 Å². The SMILES string of the molecule is COc1ccc(C2=C3C=C(Br)C=[N+]3[B-](F)(F)n3cc(Br)cc32)cc1. The van der Waals surface area contributed by atoms with Crippen molar-refractivity contribution in [2.24, 2.45) is 0 Å². The summed E-state index contributed by atoms with van der Waals surface area (Å²) in [7, 11) is 1.59. The van der Waals surface area contributed by atoms with Crippen molar-refractivity contribution < 1.29 is 17.9 Å². The zero-order valence-electron chi connectivity index (χ0n) is 12.5. The van der Waals surface area contributed by atoms with Crippen molar-refractivity contribution in [2.75, 3.05) is 7.11 Å². The van der Waals surface area contributed by atoms with E-state index in [1.165, 1.54) is 12.4 Å². The van der Waals surface area contributed by atoms with Gasteiger partial charge < -0.3 is 22.3 Å². The molecule has 1 aromatic heterocycles. The lowest BCUT2D eigenvalue weighted by molar-refractivity contribution is -0.356. The standard InChI is InChI=1S/C16H11BBr2F2N2O/c1-24-13-4-2-10(3-5-13)16-14-6-11(18)8-22(14)17(20,21)23-9-12(19)7-15(16)23/h2-9H,1H3. The van der Waals surface area contributed by atoms with Gasteiger partial charge in [0.15, 0.2) is 5.70 Å². The second-order valence-electron chi connectivity index (χ2n) is 5.59. The van der Waals surface area contributed by atoms with E-state index in [-0.39, 0.29) is 0 Å². The summed E-state index contributed by atoms with van der Waals surface area (Å²) in [6.45, 7) is -3.93. The monoisotopic (exact) mass is 454 g/mol. The number of hydrogen-bond acceptors (Lipinski definition) is 1. The Balaban J connectivity index is 2.02. The van der Waals surface area contributed by atoms with Gasteiger partial charge in [-0.25, -0.2) is 0 Å². The number of aromatic nitrogens is 1. The molecule has 0 aliphatic carbocycles. The minimum Gasteiger partial charge on any atom is -0.497 e. The van der Waals surface area contributed by atoms with Crippen molar-refractivity contribution in [3.8, 4) is 5.75 Å². The van der Waals surface area contributed by atoms with Gasteiger partial charge in [0.1, 0.15) is 12.0 Å². The number of methoxy groups -OCH3 is 1. The van der Waals surface area contributed by atoms with Crippen LogP contribution in [0.2, 0.25) is 0 Å². The minimum absolute atomic E-state index is 0.482. The van der Waals surface area contributed by atoms with E-state index >= 15 is 0 Å². The molecule has 0 saturated heterocycles. The van der Waals surface area contributed by atoms with Crippen LogP contribution in [0, 0.1) is 0 Å². The predicted molar refractivity (Wildman–Crippen MR) is 97.9 cm³/mol. The highest BCUT2D eigenvalue weighted by atomic mass is 79.9. The molecule has 0 saturated carbocycles. The molecule has 0 atom stereocenters. The van der Waals surface area contributed by atoms with E-state index in [0.29, 0.717) is 20.3 Å². The van der Waals surface area contributed by atoms with E-state index < -0.39 is 6.97 Å². The van der Waals surface area contributed by atoms with Crippen LogP contribution in [-0.2, 0) is 0 Å². The van der Waals surface area contributed by atoms with Crippen LogP contribution >= 0.6 is 31.9 Å². The van der Waals surface area contributed by atoms with Crippen LogP contribution in [0.5, 0.6) is 5.75 Å². The maximum atomic E-state index is 14.9. The van der Waals surface area contributed by atoms with Crippen LogP contribution in [0.4, 0.5) is 8.63 Å². The first-order valence-electron chi connectivity index (χ1n) is 7.21. The van der Waals surface area contributed by atoms with Crippen molar-refractivity contribution in [1.29, 1.82) is 0 Å². The Morgan fingerprint density at radius 2 is 1.88 bits per heavy atom. The molecule has 8 heteroatoms. The fraction of sp³-hybridized carbons (Fsp3) is 0.0625. The zero-order chi connectivity index (χ0) is 17.1. The molecule has 0 fully saturated rings. The molecule has 0 radical (unpaired) electrons. The van der Waals surface area contributed by atoms with Crippen molar-refractivity contribution in [2.45, 2.75) is 0 Å². The summed E-state index contributed by atoms with van der Waals surface area (Å²) in [6, 6.07) is 9.12. The van der Waals surface area contributed by atoms with E-state index in [1.807, 2.05) is 24.3 Å². The summed E-state index contributed by atoms with van der Waals surface area (Å²) < 4.78 is 38.4. The maximum Gasteiger partial charge on any atom is 0.737 e. The number of benzene rings is 1. The number of hydrogen-bond donors (Lipinski definition) is 0. The normalized spacial score (nSPS) is 18.0. The van der Waals surface area contributed by atoms with Gasteiger partial charge in [-0.1, -0.05) is 12.1 Å². The number of ether oxygens (including phenoxy) is 1. The Kier molecular flexibility index (Phi) is 3.58. The van der Waals surface area contributed by atoms with Gasteiger partial charge >= 0.3 is 6.97 Å². The van der Waals surface area contributed by atoms with E-state index in [2.05, 4.69) is 31.9 Å². The molecule has 3 nitrogen and oxygen atoms in total. The molecule has 0 N–H and O–H groups in total. The van der Waals surface area contributed by atoms with Crippen LogP contribution in [0.25, 0.3) is 5.57 Å². The van der Waals surface area contributed by atoms with E-state index in [4.69, 9.17) is 4.74 Å². The topological polar surface area (TPSA) is 17.2 Å². The number of allylic oxidation sites excluding steroid dienone is 2. The number of rotatable bonds is 2. The minimum atomic E-state index is -3.93. The fourth-order valence-corrected chi connectivity index (χ4v) is 4.00. The van der Waals surface area contributed by atoms with Crippen molar-refractivity contribution >= 4 is 50.6 Å². The zero-order valence-corrected chi connectivity index (χ0v) is 15.7. The molecule has 122 valence electrons. The molecular weight excluding hydrogens is 445 g/mol. The van der Waals surface area contributed by atoms with E-state index in [9.17, 15) is 8.63 Å². The molecule has 4 rings (SSSR count). The Morgan fingerprint density at radius 1 is 1.17 bits per heavy atom. The smallest absolute Gasteiger partial charge is 0.497 e. The molecule has 0 bridgehead atoms. The van der Waals surface area contributed by atoms with Gasteiger partial charge in [0, 0.05) is 16.2 Å². The summed E-state index contributed by atoms with van der Waals surface area (Å²) in [6.07, 6.45) is 4.57. The molecule has 0 spiro atoms. The molecule has 2 aliphatic rings. The highest BCUT2D eigenvalue weighted by Gasteiger charge is 2.52. The summed E-state index contributed by atoms with van der Waals surface area (Å²) >= 11 is 6.64. The van der Waals surface area contributed by atoms with Gasteiger partial charge in [0.25, 0.3) is 0 Å². The van der Waals surface area contributed by atoms with Crippen LogP contribution in [0.15, 0.2) is 57.3 Å². The molecule has 2 aliphatic heterocycles. The molecular formula is C16H11BBr2F2N2O.